The van der Waals surface area contributed by atoms with Crippen LogP contribution in [0.5, 0.6) is 0 Å². The Morgan fingerprint density at radius 1 is 1.47 bits per heavy atom. The van der Waals surface area contributed by atoms with Crippen molar-refractivity contribution in [3.63, 3.8) is 0 Å². The first-order valence-corrected chi connectivity index (χ1v) is 7.31. The second kappa shape index (κ2) is 8.46. The average molecular weight is 276 g/mol. The molecule has 0 aliphatic carbocycles. The summed E-state index contributed by atoms with van der Waals surface area (Å²) in [6, 6.07) is 0. The number of piperidine rings is 1. The minimum Gasteiger partial charge on any atom is -0.337 e. The van der Waals surface area contributed by atoms with Crippen LogP contribution in [0.4, 0.5) is 8.78 Å². The number of alkyl halides is 2. The third-order valence-corrected chi connectivity index (χ3v) is 3.84. The molecule has 1 saturated heterocycles. The fraction of sp³-hybridized carbons (Fsp3) is 0.929. The Balaban J connectivity index is 2.44. The van der Waals surface area contributed by atoms with Crippen molar-refractivity contribution in [2.45, 2.75) is 46.0 Å². The van der Waals surface area contributed by atoms with Crippen molar-refractivity contribution >= 4 is 5.91 Å². The van der Waals surface area contributed by atoms with E-state index in [9.17, 15) is 13.6 Å². The first-order chi connectivity index (χ1) is 9.04. The van der Waals surface area contributed by atoms with Crippen LogP contribution in [0, 0.1) is 11.8 Å². The number of hydrogen-bond acceptors (Lipinski definition) is 2. The summed E-state index contributed by atoms with van der Waals surface area (Å²) in [7, 11) is 0. The molecule has 1 fully saturated rings. The van der Waals surface area contributed by atoms with Crippen LogP contribution < -0.4 is 5.32 Å². The summed E-state index contributed by atoms with van der Waals surface area (Å²) >= 11 is 0. The van der Waals surface area contributed by atoms with Crippen LogP contribution in [-0.4, -0.2) is 43.4 Å². The highest BCUT2D eigenvalue weighted by atomic mass is 19.3. The molecule has 1 rings (SSSR count). The Labute approximate surface area is 114 Å². The summed E-state index contributed by atoms with van der Waals surface area (Å²) in [6.45, 7) is 5.95. The van der Waals surface area contributed by atoms with Gasteiger partial charge in [-0.15, -0.1) is 0 Å². The molecule has 0 aromatic rings. The van der Waals surface area contributed by atoms with Gasteiger partial charge in [-0.2, -0.15) is 0 Å². The monoisotopic (exact) mass is 276 g/mol. The van der Waals surface area contributed by atoms with E-state index >= 15 is 0 Å². The number of carbonyl (C=O) groups is 1. The maximum atomic E-state index is 12.5. The fourth-order valence-electron chi connectivity index (χ4n) is 2.69. The van der Waals surface area contributed by atoms with Crippen LogP contribution in [0.1, 0.15) is 39.5 Å². The van der Waals surface area contributed by atoms with E-state index in [0.717, 1.165) is 32.4 Å². The predicted molar refractivity (Wildman–Crippen MR) is 72.2 cm³/mol. The van der Waals surface area contributed by atoms with Crippen molar-refractivity contribution in [3.8, 4) is 0 Å². The average Bonchev–Trinajstić information content (AvgIpc) is 2.38. The van der Waals surface area contributed by atoms with E-state index in [-0.39, 0.29) is 11.8 Å². The Hall–Kier alpha value is -0.710. The van der Waals surface area contributed by atoms with Crippen LogP contribution in [0.25, 0.3) is 0 Å². The molecular weight excluding hydrogens is 250 g/mol. The predicted octanol–water partition coefficient (Wildman–Crippen LogP) is 2.52. The Morgan fingerprint density at radius 2 is 2.21 bits per heavy atom. The molecule has 2 atom stereocenters. The number of carbonyl (C=O) groups excluding carboxylic acids is 1. The van der Waals surface area contributed by atoms with Gasteiger partial charge in [0.25, 0.3) is 6.43 Å². The number of rotatable bonds is 7. The number of hydrogen-bond donors (Lipinski definition) is 1. The smallest absolute Gasteiger partial charge is 0.255 e. The molecule has 0 bridgehead atoms. The van der Waals surface area contributed by atoms with Crippen molar-refractivity contribution in [3.05, 3.63) is 0 Å². The lowest BCUT2D eigenvalue weighted by Gasteiger charge is -2.30. The lowest BCUT2D eigenvalue weighted by atomic mass is 9.85. The zero-order valence-electron chi connectivity index (χ0n) is 12.0. The molecule has 5 heteroatoms. The van der Waals surface area contributed by atoms with Gasteiger partial charge in [0.05, 0.1) is 6.54 Å². The van der Waals surface area contributed by atoms with Crippen molar-refractivity contribution in [1.82, 2.24) is 10.2 Å². The van der Waals surface area contributed by atoms with Crippen molar-refractivity contribution in [1.29, 1.82) is 0 Å². The number of nitrogens with one attached hydrogen (secondary N) is 1. The molecule has 1 N–H and O–H groups in total. The highest BCUT2D eigenvalue weighted by molar-refractivity contribution is 5.76. The number of nitrogens with zero attached hydrogens (tertiary/aromatic N) is 1. The van der Waals surface area contributed by atoms with Crippen LogP contribution in [0.15, 0.2) is 0 Å². The Morgan fingerprint density at radius 3 is 2.74 bits per heavy atom. The van der Waals surface area contributed by atoms with Crippen molar-refractivity contribution < 1.29 is 13.6 Å². The molecule has 1 heterocycles. The molecular formula is C14H26F2N2O. The number of halogens is 2. The molecule has 3 nitrogen and oxygen atoms in total. The minimum absolute atomic E-state index is 0.125. The molecule has 19 heavy (non-hydrogen) atoms. The summed E-state index contributed by atoms with van der Waals surface area (Å²) in [4.78, 5) is 13.4. The van der Waals surface area contributed by atoms with E-state index in [4.69, 9.17) is 0 Å². The third kappa shape index (κ3) is 5.85. The van der Waals surface area contributed by atoms with Gasteiger partial charge in [-0.25, -0.2) is 8.78 Å². The number of amides is 1. The fourth-order valence-corrected chi connectivity index (χ4v) is 2.69. The van der Waals surface area contributed by atoms with Crippen LogP contribution in [0.3, 0.4) is 0 Å². The first kappa shape index (κ1) is 16.3. The van der Waals surface area contributed by atoms with E-state index in [1.54, 1.807) is 0 Å². The summed E-state index contributed by atoms with van der Waals surface area (Å²) < 4.78 is 24.9. The van der Waals surface area contributed by atoms with E-state index in [0.29, 0.717) is 18.9 Å². The van der Waals surface area contributed by atoms with Gasteiger partial charge in [0.2, 0.25) is 5.91 Å². The van der Waals surface area contributed by atoms with E-state index in [1.807, 2.05) is 6.92 Å². The van der Waals surface area contributed by atoms with Crippen LogP contribution in [0.2, 0.25) is 0 Å². The molecule has 1 amide bonds. The quantitative estimate of drug-likeness (QED) is 0.775. The Kier molecular flexibility index (Phi) is 7.28. The summed E-state index contributed by atoms with van der Waals surface area (Å²) in [5.74, 6) is 0.630. The van der Waals surface area contributed by atoms with Gasteiger partial charge in [-0.05, 0) is 44.2 Å². The topological polar surface area (TPSA) is 32.3 Å². The molecule has 0 spiro atoms. The van der Waals surface area contributed by atoms with Gasteiger partial charge in [-0.3, -0.25) is 4.79 Å². The van der Waals surface area contributed by atoms with Crippen LogP contribution in [-0.2, 0) is 4.79 Å². The zero-order valence-corrected chi connectivity index (χ0v) is 12.0. The van der Waals surface area contributed by atoms with Gasteiger partial charge in [-0.1, -0.05) is 13.8 Å². The van der Waals surface area contributed by atoms with Crippen molar-refractivity contribution in [2.24, 2.45) is 11.8 Å². The maximum Gasteiger partial charge on any atom is 0.255 e. The molecule has 2 unspecified atom stereocenters. The van der Waals surface area contributed by atoms with E-state index < -0.39 is 13.0 Å². The van der Waals surface area contributed by atoms with Crippen LogP contribution >= 0.6 is 0 Å². The lowest BCUT2D eigenvalue weighted by Crippen LogP contribution is -2.39. The van der Waals surface area contributed by atoms with Gasteiger partial charge in [0.15, 0.2) is 0 Å². The summed E-state index contributed by atoms with van der Waals surface area (Å²) in [6.07, 6.45) is 0.932. The standard InChI is InChI=1S/C14H26F2N2O/c1-3-7-18(10-13(15)16)14(19)8-11(2)12-5-4-6-17-9-12/h11-13,17H,3-10H2,1-2H3. The molecule has 1 aliphatic rings. The molecule has 0 aromatic carbocycles. The molecule has 1 aliphatic heterocycles. The summed E-state index contributed by atoms with van der Waals surface area (Å²) in [5.41, 5.74) is 0. The van der Waals surface area contributed by atoms with E-state index in [1.165, 1.54) is 4.90 Å². The zero-order chi connectivity index (χ0) is 14.3. The third-order valence-electron chi connectivity index (χ3n) is 3.84. The van der Waals surface area contributed by atoms with Gasteiger partial charge in [0.1, 0.15) is 0 Å². The highest BCUT2D eigenvalue weighted by Gasteiger charge is 2.25. The maximum absolute atomic E-state index is 12.5. The molecule has 0 radical (unpaired) electrons. The van der Waals surface area contributed by atoms with Gasteiger partial charge >= 0.3 is 0 Å². The molecule has 0 saturated carbocycles. The second-order valence-corrected chi connectivity index (χ2v) is 5.52. The lowest BCUT2D eigenvalue weighted by molar-refractivity contribution is -0.134. The first-order valence-electron chi connectivity index (χ1n) is 7.31. The van der Waals surface area contributed by atoms with E-state index in [2.05, 4.69) is 12.2 Å². The molecule has 112 valence electrons. The van der Waals surface area contributed by atoms with Gasteiger partial charge < -0.3 is 10.2 Å². The second-order valence-electron chi connectivity index (χ2n) is 5.52. The Bertz CT molecular complexity index is 268. The minimum atomic E-state index is -2.44. The normalized spacial score (nSPS) is 21.4. The summed E-state index contributed by atoms with van der Waals surface area (Å²) in [5, 5.41) is 3.33. The van der Waals surface area contributed by atoms with Gasteiger partial charge in [0, 0.05) is 13.0 Å². The van der Waals surface area contributed by atoms with Crippen molar-refractivity contribution in [2.75, 3.05) is 26.2 Å². The largest absolute Gasteiger partial charge is 0.337 e. The SMILES string of the molecule is CCCN(CC(F)F)C(=O)CC(C)C1CCCNC1. The molecule has 0 aromatic heterocycles. The highest BCUT2D eigenvalue weighted by Crippen LogP contribution is 2.23.